The highest BCUT2D eigenvalue weighted by molar-refractivity contribution is 7.92. The van der Waals surface area contributed by atoms with E-state index in [9.17, 15) is 16.8 Å². The number of nitrogens with one attached hydrogen (secondary N) is 3. The van der Waals surface area contributed by atoms with Crippen molar-refractivity contribution in [3.8, 4) is 0 Å². The lowest BCUT2D eigenvalue weighted by molar-refractivity contribution is 0.584. The molecule has 3 N–H and O–H groups in total. The Bertz CT molecular complexity index is 1330. The summed E-state index contributed by atoms with van der Waals surface area (Å²) in [5.41, 5.74) is 0.0734. The van der Waals surface area contributed by atoms with Gasteiger partial charge in [-0.25, -0.2) is 36.5 Å². The van der Waals surface area contributed by atoms with E-state index >= 15 is 0 Å². The smallest absolute Gasteiger partial charge is 0.240 e. The van der Waals surface area contributed by atoms with Gasteiger partial charge >= 0.3 is 0 Å². The zero-order chi connectivity index (χ0) is 23.5. The molecule has 0 bridgehead atoms. The monoisotopic (exact) mass is 496 g/mol. The number of nitrogens with zero attached hydrogens (tertiary/aromatic N) is 3. The Kier molecular flexibility index (Phi) is 6.98. The van der Waals surface area contributed by atoms with Crippen molar-refractivity contribution in [3.05, 3.63) is 53.9 Å². The lowest BCUT2D eigenvalue weighted by Crippen LogP contribution is -2.20. The first-order valence-corrected chi connectivity index (χ1v) is 12.7. The van der Waals surface area contributed by atoms with Crippen molar-refractivity contribution in [2.45, 2.75) is 28.9 Å². The molecule has 10 nitrogen and oxygen atoms in total. The quantitative estimate of drug-likeness (QED) is 0.428. The van der Waals surface area contributed by atoms with Crippen molar-refractivity contribution in [1.29, 1.82) is 0 Å². The molecule has 3 aromatic rings. The van der Waals surface area contributed by atoms with Crippen LogP contribution in [-0.4, -0.2) is 44.1 Å². The molecule has 0 saturated carbocycles. The number of anilines is 4. The molecule has 0 unspecified atom stereocenters. The van der Waals surface area contributed by atoms with Gasteiger partial charge in [0.2, 0.25) is 10.0 Å². The van der Waals surface area contributed by atoms with Crippen LogP contribution in [0.15, 0.2) is 58.7 Å². The van der Waals surface area contributed by atoms with E-state index in [0.29, 0.717) is 16.7 Å². The Labute approximate surface area is 191 Å². The van der Waals surface area contributed by atoms with Crippen LogP contribution in [0, 0.1) is 0 Å². The molecule has 170 valence electrons. The van der Waals surface area contributed by atoms with Gasteiger partial charge in [-0.1, -0.05) is 11.6 Å². The highest BCUT2D eigenvalue weighted by Crippen LogP contribution is 2.30. The molecule has 0 aliphatic heterocycles. The number of aromatic nitrogens is 3. The molecule has 0 aliphatic carbocycles. The summed E-state index contributed by atoms with van der Waals surface area (Å²) in [6.45, 7) is 3.09. The first kappa shape index (κ1) is 23.9. The largest absolute Gasteiger partial charge is 0.339 e. The van der Waals surface area contributed by atoms with Gasteiger partial charge in [-0.05, 0) is 51.2 Å². The maximum atomic E-state index is 12.8. The molecule has 13 heteroatoms. The van der Waals surface area contributed by atoms with Gasteiger partial charge in [0.25, 0.3) is 0 Å². The van der Waals surface area contributed by atoms with Crippen LogP contribution in [0.3, 0.4) is 0 Å². The predicted molar refractivity (Wildman–Crippen MR) is 123 cm³/mol. The van der Waals surface area contributed by atoms with Crippen LogP contribution in [0.2, 0.25) is 5.02 Å². The van der Waals surface area contributed by atoms with E-state index in [1.807, 2.05) is 0 Å². The lowest BCUT2D eigenvalue weighted by Gasteiger charge is -2.16. The molecule has 0 spiro atoms. The van der Waals surface area contributed by atoms with Gasteiger partial charge in [-0.2, -0.15) is 0 Å². The van der Waals surface area contributed by atoms with E-state index in [4.69, 9.17) is 11.6 Å². The Balaban J connectivity index is 2.01. The lowest BCUT2D eigenvalue weighted by atomic mass is 10.3. The zero-order valence-electron chi connectivity index (χ0n) is 17.4. The third-order valence-electron chi connectivity index (χ3n) is 4.37. The molecule has 1 aromatic carbocycles. The third kappa shape index (κ3) is 5.33. The average Bonchev–Trinajstić information content (AvgIpc) is 2.75. The van der Waals surface area contributed by atoms with Crippen molar-refractivity contribution >= 4 is 54.6 Å². The first-order chi connectivity index (χ1) is 15.0. The molecule has 0 radical (unpaired) electrons. The van der Waals surface area contributed by atoms with Crippen molar-refractivity contribution in [1.82, 2.24) is 19.7 Å². The van der Waals surface area contributed by atoms with E-state index in [-0.39, 0.29) is 21.3 Å². The van der Waals surface area contributed by atoms with E-state index in [1.54, 1.807) is 26.0 Å². The summed E-state index contributed by atoms with van der Waals surface area (Å²) in [6, 6.07) is 8.61. The van der Waals surface area contributed by atoms with Gasteiger partial charge in [0.1, 0.15) is 23.8 Å². The third-order valence-corrected chi connectivity index (χ3v) is 8.22. The topological polar surface area (TPSA) is 143 Å². The summed E-state index contributed by atoms with van der Waals surface area (Å²) < 4.78 is 52.4. The fourth-order valence-electron chi connectivity index (χ4n) is 2.61. The van der Waals surface area contributed by atoms with Crippen LogP contribution in [0.25, 0.3) is 0 Å². The van der Waals surface area contributed by atoms with Gasteiger partial charge in [-0.3, -0.25) is 0 Å². The minimum Gasteiger partial charge on any atom is -0.339 e. The van der Waals surface area contributed by atoms with Crippen LogP contribution >= 0.6 is 11.6 Å². The molecule has 3 rings (SSSR count). The summed E-state index contributed by atoms with van der Waals surface area (Å²) in [4.78, 5) is 12.2. The maximum Gasteiger partial charge on any atom is 0.240 e. The van der Waals surface area contributed by atoms with Crippen molar-refractivity contribution in [3.63, 3.8) is 0 Å². The SMILES string of the molecule is CNS(=O)(=O)c1ccc(S(=O)(=O)C(C)C)c(Nc2cc(Nc3ccc(Cl)cn3)ncn2)c1. The minimum absolute atomic E-state index is 0.0463. The maximum absolute atomic E-state index is 12.8. The van der Waals surface area contributed by atoms with E-state index < -0.39 is 25.1 Å². The van der Waals surface area contributed by atoms with Crippen molar-refractivity contribution in [2.24, 2.45) is 0 Å². The highest BCUT2D eigenvalue weighted by atomic mass is 35.5. The van der Waals surface area contributed by atoms with Crippen LogP contribution in [0.4, 0.5) is 23.1 Å². The molecule has 0 atom stereocenters. The number of hydrogen-bond acceptors (Lipinski definition) is 9. The van der Waals surface area contributed by atoms with Gasteiger partial charge < -0.3 is 10.6 Å². The molecule has 0 amide bonds. The van der Waals surface area contributed by atoms with Crippen LogP contribution in [0.5, 0.6) is 0 Å². The number of sulfonamides is 1. The number of rotatable bonds is 8. The zero-order valence-corrected chi connectivity index (χ0v) is 19.8. The number of pyridine rings is 1. The van der Waals surface area contributed by atoms with Crippen molar-refractivity contribution in [2.75, 3.05) is 17.7 Å². The van der Waals surface area contributed by atoms with Crippen LogP contribution in [0.1, 0.15) is 13.8 Å². The molecule has 2 aromatic heterocycles. The molecule has 32 heavy (non-hydrogen) atoms. The Morgan fingerprint density at radius 2 is 1.56 bits per heavy atom. The molecule has 0 fully saturated rings. The van der Waals surface area contributed by atoms with E-state index in [2.05, 4.69) is 30.3 Å². The Hall–Kier alpha value is -2.80. The number of hydrogen-bond donors (Lipinski definition) is 3. The fourth-order valence-corrected chi connectivity index (χ4v) is 4.66. The highest BCUT2D eigenvalue weighted by Gasteiger charge is 2.25. The van der Waals surface area contributed by atoms with Crippen molar-refractivity contribution < 1.29 is 16.8 Å². The normalized spacial score (nSPS) is 12.0. The van der Waals surface area contributed by atoms with Gasteiger partial charge in [-0.15, -0.1) is 0 Å². The second-order valence-corrected chi connectivity index (χ2v) is 11.7. The molecule has 2 heterocycles. The van der Waals surface area contributed by atoms with E-state index in [1.165, 1.54) is 43.8 Å². The summed E-state index contributed by atoms with van der Waals surface area (Å²) >= 11 is 5.84. The summed E-state index contributed by atoms with van der Waals surface area (Å²) in [5, 5.41) is 5.65. The Morgan fingerprint density at radius 1 is 0.875 bits per heavy atom. The van der Waals surface area contributed by atoms with Gasteiger partial charge in [0.15, 0.2) is 9.84 Å². The Morgan fingerprint density at radius 3 is 2.16 bits per heavy atom. The second-order valence-electron chi connectivity index (χ2n) is 6.86. The number of halogens is 1. The average molecular weight is 497 g/mol. The fraction of sp³-hybridized carbons (Fsp3) is 0.211. The molecule has 0 saturated heterocycles. The first-order valence-electron chi connectivity index (χ1n) is 9.32. The van der Waals surface area contributed by atoms with Gasteiger partial charge in [0, 0.05) is 12.3 Å². The standard InChI is InChI=1S/C19H21ClN6O4S2/c1-12(2)31(27,28)16-6-5-14(32(29,30)21-3)8-15(16)25-18-9-19(24-11-23-18)26-17-7-4-13(20)10-22-17/h4-12,21H,1-3H3,(H2,22,23,24,25,26). The molecular weight excluding hydrogens is 476 g/mol. The molecular formula is C19H21ClN6O4S2. The van der Waals surface area contributed by atoms with Crippen LogP contribution in [-0.2, 0) is 19.9 Å². The molecule has 0 aliphatic rings. The second kappa shape index (κ2) is 9.36. The van der Waals surface area contributed by atoms with Crippen LogP contribution < -0.4 is 15.4 Å². The van der Waals surface area contributed by atoms with Gasteiger partial charge in [0.05, 0.1) is 25.8 Å². The summed E-state index contributed by atoms with van der Waals surface area (Å²) in [7, 11) is -6.24. The van der Waals surface area contributed by atoms with E-state index in [0.717, 1.165) is 0 Å². The predicted octanol–water partition coefficient (Wildman–Crippen LogP) is 3.10. The minimum atomic E-state index is -3.80. The summed E-state index contributed by atoms with van der Waals surface area (Å²) in [5.74, 6) is 1.12. The number of sulfone groups is 1. The summed E-state index contributed by atoms with van der Waals surface area (Å²) in [6.07, 6.45) is 2.74. The number of benzene rings is 1.